The molecule has 2 amide bonds. The minimum absolute atomic E-state index is 0.0608. The molecule has 0 aromatic heterocycles. The van der Waals surface area contributed by atoms with E-state index in [1.54, 1.807) is 7.11 Å². The molecule has 6 nitrogen and oxygen atoms in total. The lowest BCUT2D eigenvalue weighted by Crippen LogP contribution is -2.51. The highest BCUT2D eigenvalue weighted by molar-refractivity contribution is 5.80. The van der Waals surface area contributed by atoms with Crippen molar-refractivity contribution in [3.05, 3.63) is 29.8 Å². The van der Waals surface area contributed by atoms with Crippen LogP contribution in [0.1, 0.15) is 18.9 Å². The summed E-state index contributed by atoms with van der Waals surface area (Å²) in [6.07, 6.45) is 1.29. The van der Waals surface area contributed by atoms with Crippen molar-refractivity contribution in [1.82, 2.24) is 15.1 Å². The van der Waals surface area contributed by atoms with Crippen LogP contribution in [0.2, 0.25) is 0 Å². The van der Waals surface area contributed by atoms with Gasteiger partial charge in [-0.05, 0) is 12.5 Å². The summed E-state index contributed by atoms with van der Waals surface area (Å²) in [4.78, 5) is 28.2. The average Bonchev–Trinajstić information content (AvgIpc) is 2.61. The highest BCUT2D eigenvalue weighted by Gasteiger charge is 2.23. The number of piperazine rings is 1. The minimum atomic E-state index is 0.0608. The van der Waals surface area contributed by atoms with Crippen LogP contribution >= 0.6 is 0 Å². The molecular weight excluding hydrogens is 306 g/mol. The quantitative estimate of drug-likeness (QED) is 0.806. The highest BCUT2D eigenvalue weighted by Crippen LogP contribution is 2.18. The van der Waals surface area contributed by atoms with E-state index >= 15 is 0 Å². The first-order chi connectivity index (χ1) is 11.6. The maximum atomic E-state index is 12.5. The second-order valence-electron chi connectivity index (χ2n) is 6.00. The average molecular weight is 333 g/mol. The second kappa shape index (κ2) is 9.27. The van der Waals surface area contributed by atoms with Crippen LogP contribution in [0, 0.1) is 0 Å². The van der Waals surface area contributed by atoms with Crippen molar-refractivity contribution in [3.8, 4) is 5.75 Å². The summed E-state index contributed by atoms with van der Waals surface area (Å²) in [5, 5.41) is 2.88. The third kappa shape index (κ3) is 5.23. The van der Waals surface area contributed by atoms with Gasteiger partial charge in [0.25, 0.3) is 0 Å². The monoisotopic (exact) mass is 333 g/mol. The Labute approximate surface area is 143 Å². The Morgan fingerprint density at radius 2 is 1.88 bits per heavy atom. The zero-order valence-corrected chi connectivity index (χ0v) is 14.6. The van der Waals surface area contributed by atoms with Crippen molar-refractivity contribution in [1.29, 1.82) is 0 Å². The smallest absolute Gasteiger partial charge is 0.234 e. The Bertz CT molecular complexity index is 554. The van der Waals surface area contributed by atoms with Gasteiger partial charge in [-0.3, -0.25) is 14.5 Å². The van der Waals surface area contributed by atoms with Gasteiger partial charge in [0.2, 0.25) is 11.8 Å². The summed E-state index contributed by atoms with van der Waals surface area (Å²) < 4.78 is 5.30. The molecule has 1 aliphatic rings. The summed E-state index contributed by atoms with van der Waals surface area (Å²) >= 11 is 0. The molecule has 1 saturated heterocycles. The number of amides is 2. The standard InChI is InChI=1S/C18H27N3O3/c1-3-8-19-17(22)14-20-9-11-21(12-10-20)18(23)13-15-6-4-5-7-16(15)24-2/h4-7H,3,8-14H2,1-2H3,(H,19,22). The van der Waals surface area contributed by atoms with Gasteiger partial charge in [0.15, 0.2) is 0 Å². The molecule has 0 unspecified atom stereocenters. The third-order valence-corrected chi connectivity index (χ3v) is 4.20. The molecule has 0 bridgehead atoms. The van der Waals surface area contributed by atoms with E-state index in [1.807, 2.05) is 36.1 Å². The number of carbonyl (C=O) groups is 2. The number of ether oxygens (including phenoxy) is 1. The van der Waals surface area contributed by atoms with E-state index in [9.17, 15) is 9.59 Å². The number of hydrogen-bond donors (Lipinski definition) is 1. The Morgan fingerprint density at radius 3 is 2.54 bits per heavy atom. The number of methoxy groups -OCH3 is 1. The number of carbonyl (C=O) groups excluding carboxylic acids is 2. The number of para-hydroxylation sites is 1. The van der Waals surface area contributed by atoms with Gasteiger partial charge in [0.05, 0.1) is 20.1 Å². The molecule has 132 valence electrons. The molecule has 1 heterocycles. The van der Waals surface area contributed by atoms with Crippen LogP contribution in [0.3, 0.4) is 0 Å². The van der Waals surface area contributed by atoms with Crippen molar-refractivity contribution in [2.75, 3.05) is 46.4 Å². The maximum Gasteiger partial charge on any atom is 0.234 e. The molecule has 0 radical (unpaired) electrons. The molecule has 1 fully saturated rings. The first kappa shape index (κ1) is 18.3. The number of hydrogen-bond acceptors (Lipinski definition) is 4. The molecule has 0 atom stereocenters. The number of nitrogens with zero attached hydrogens (tertiary/aromatic N) is 2. The molecule has 1 aromatic carbocycles. The largest absolute Gasteiger partial charge is 0.496 e. The van der Waals surface area contributed by atoms with Gasteiger partial charge >= 0.3 is 0 Å². The fourth-order valence-corrected chi connectivity index (χ4v) is 2.80. The summed E-state index contributed by atoms with van der Waals surface area (Å²) in [6, 6.07) is 7.60. The lowest BCUT2D eigenvalue weighted by atomic mass is 10.1. The van der Waals surface area contributed by atoms with Crippen molar-refractivity contribution < 1.29 is 14.3 Å². The molecule has 1 aliphatic heterocycles. The van der Waals surface area contributed by atoms with Gasteiger partial charge in [-0.1, -0.05) is 25.1 Å². The number of nitrogens with one attached hydrogen (secondary N) is 1. The highest BCUT2D eigenvalue weighted by atomic mass is 16.5. The van der Waals surface area contributed by atoms with E-state index in [2.05, 4.69) is 10.2 Å². The van der Waals surface area contributed by atoms with Crippen LogP contribution in [-0.4, -0.2) is 68.0 Å². The molecule has 0 aliphatic carbocycles. The molecule has 0 saturated carbocycles. The molecule has 0 spiro atoms. The molecular formula is C18H27N3O3. The topological polar surface area (TPSA) is 61.9 Å². The lowest BCUT2D eigenvalue weighted by Gasteiger charge is -2.34. The zero-order valence-electron chi connectivity index (χ0n) is 14.6. The van der Waals surface area contributed by atoms with Crippen LogP contribution < -0.4 is 10.1 Å². The van der Waals surface area contributed by atoms with E-state index in [0.29, 0.717) is 26.1 Å². The molecule has 1 aromatic rings. The van der Waals surface area contributed by atoms with Crippen LogP contribution in [0.25, 0.3) is 0 Å². The van der Waals surface area contributed by atoms with Gasteiger partial charge in [0, 0.05) is 38.3 Å². The summed E-state index contributed by atoms with van der Waals surface area (Å²) in [6.45, 7) is 5.95. The van der Waals surface area contributed by atoms with Crippen molar-refractivity contribution in [2.45, 2.75) is 19.8 Å². The summed E-state index contributed by atoms with van der Waals surface area (Å²) in [7, 11) is 1.62. The van der Waals surface area contributed by atoms with Gasteiger partial charge < -0.3 is 15.0 Å². The fraction of sp³-hybridized carbons (Fsp3) is 0.556. The SMILES string of the molecule is CCCNC(=O)CN1CCN(C(=O)Cc2ccccc2OC)CC1. The minimum Gasteiger partial charge on any atom is -0.496 e. The van der Waals surface area contributed by atoms with Crippen molar-refractivity contribution >= 4 is 11.8 Å². The van der Waals surface area contributed by atoms with Crippen LogP contribution in [-0.2, 0) is 16.0 Å². The Hall–Kier alpha value is -2.08. The number of rotatable bonds is 7. The maximum absolute atomic E-state index is 12.5. The third-order valence-electron chi connectivity index (χ3n) is 4.20. The number of benzene rings is 1. The first-order valence-corrected chi connectivity index (χ1v) is 8.52. The normalized spacial score (nSPS) is 15.2. The second-order valence-corrected chi connectivity index (χ2v) is 6.00. The van der Waals surface area contributed by atoms with E-state index in [0.717, 1.165) is 37.4 Å². The fourth-order valence-electron chi connectivity index (χ4n) is 2.80. The first-order valence-electron chi connectivity index (χ1n) is 8.52. The van der Waals surface area contributed by atoms with Crippen LogP contribution in [0.15, 0.2) is 24.3 Å². The molecule has 2 rings (SSSR count). The Balaban J connectivity index is 1.79. The summed E-state index contributed by atoms with van der Waals surface area (Å²) in [5.74, 6) is 0.914. The van der Waals surface area contributed by atoms with Gasteiger partial charge in [-0.25, -0.2) is 0 Å². The Morgan fingerprint density at radius 1 is 1.17 bits per heavy atom. The van der Waals surface area contributed by atoms with Crippen LogP contribution in [0.4, 0.5) is 0 Å². The zero-order chi connectivity index (χ0) is 17.4. The summed E-state index contributed by atoms with van der Waals surface area (Å²) in [5.41, 5.74) is 0.909. The van der Waals surface area contributed by atoms with E-state index in [-0.39, 0.29) is 11.8 Å². The molecule has 6 heteroatoms. The molecule has 1 N–H and O–H groups in total. The van der Waals surface area contributed by atoms with E-state index in [1.165, 1.54) is 0 Å². The molecule has 24 heavy (non-hydrogen) atoms. The van der Waals surface area contributed by atoms with Crippen LogP contribution in [0.5, 0.6) is 5.75 Å². The van der Waals surface area contributed by atoms with Crippen molar-refractivity contribution in [3.63, 3.8) is 0 Å². The van der Waals surface area contributed by atoms with Gasteiger partial charge in [-0.15, -0.1) is 0 Å². The lowest BCUT2D eigenvalue weighted by molar-refractivity contribution is -0.132. The van der Waals surface area contributed by atoms with Crippen molar-refractivity contribution in [2.24, 2.45) is 0 Å². The van der Waals surface area contributed by atoms with Gasteiger partial charge in [-0.2, -0.15) is 0 Å². The van der Waals surface area contributed by atoms with E-state index < -0.39 is 0 Å². The predicted octanol–water partition coefficient (Wildman–Crippen LogP) is 0.908. The van der Waals surface area contributed by atoms with Gasteiger partial charge in [0.1, 0.15) is 5.75 Å². The Kier molecular flexibility index (Phi) is 7.06. The predicted molar refractivity (Wildman–Crippen MR) is 93.0 cm³/mol. The van der Waals surface area contributed by atoms with E-state index in [4.69, 9.17) is 4.74 Å².